The maximum Gasteiger partial charge on any atom is 0.165 e. The number of halogens is 3. The van der Waals surface area contributed by atoms with E-state index in [9.17, 15) is 8.78 Å². The van der Waals surface area contributed by atoms with Gasteiger partial charge in [-0.15, -0.1) is 0 Å². The van der Waals surface area contributed by atoms with E-state index < -0.39 is 11.6 Å². The summed E-state index contributed by atoms with van der Waals surface area (Å²) >= 11 is 5.78. The summed E-state index contributed by atoms with van der Waals surface area (Å²) in [7, 11) is 3.21. The van der Waals surface area contributed by atoms with Gasteiger partial charge in [-0.05, 0) is 48.9 Å². The second-order valence-corrected chi connectivity index (χ2v) is 5.10. The molecule has 1 N–H and O–H groups in total. The van der Waals surface area contributed by atoms with E-state index in [2.05, 4.69) is 5.32 Å². The quantitative estimate of drug-likeness (QED) is 0.896. The van der Waals surface area contributed by atoms with Gasteiger partial charge in [0, 0.05) is 6.04 Å². The molecule has 0 saturated heterocycles. The van der Waals surface area contributed by atoms with Gasteiger partial charge in [-0.1, -0.05) is 23.7 Å². The number of methoxy groups -OCH3 is 1. The van der Waals surface area contributed by atoms with Crippen LogP contribution >= 0.6 is 11.6 Å². The fourth-order valence-electron chi connectivity index (χ4n) is 2.19. The van der Waals surface area contributed by atoms with E-state index >= 15 is 0 Å². The van der Waals surface area contributed by atoms with Gasteiger partial charge in [0.05, 0.1) is 12.1 Å². The molecule has 1 unspecified atom stereocenters. The third-order valence-corrected chi connectivity index (χ3v) is 3.64. The first-order chi connectivity index (χ1) is 10.0. The van der Waals surface area contributed by atoms with Gasteiger partial charge in [0.1, 0.15) is 5.82 Å². The van der Waals surface area contributed by atoms with Gasteiger partial charge >= 0.3 is 0 Å². The van der Waals surface area contributed by atoms with Crippen molar-refractivity contribution in [3.8, 4) is 5.75 Å². The largest absolute Gasteiger partial charge is 0.494 e. The molecule has 112 valence electrons. The number of benzene rings is 2. The van der Waals surface area contributed by atoms with Crippen molar-refractivity contribution in [3.05, 3.63) is 64.2 Å². The molecule has 2 nitrogen and oxygen atoms in total. The fourth-order valence-corrected chi connectivity index (χ4v) is 2.39. The van der Waals surface area contributed by atoms with Gasteiger partial charge in [0.25, 0.3) is 0 Å². The van der Waals surface area contributed by atoms with Crippen molar-refractivity contribution in [1.82, 2.24) is 5.32 Å². The third-order valence-electron chi connectivity index (χ3n) is 3.35. The predicted octanol–water partition coefficient (Wildman–Crippen LogP) is 4.13. The zero-order chi connectivity index (χ0) is 15.4. The molecule has 5 heteroatoms. The Morgan fingerprint density at radius 2 is 1.90 bits per heavy atom. The van der Waals surface area contributed by atoms with E-state index in [0.29, 0.717) is 6.42 Å². The van der Waals surface area contributed by atoms with Crippen LogP contribution in [0.2, 0.25) is 5.02 Å². The van der Waals surface area contributed by atoms with E-state index in [-0.39, 0.29) is 16.8 Å². The van der Waals surface area contributed by atoms with E-state index in [0.717, 1.165) is 11.1 Å². The summed E-state index contributed by atoms with van der Waals surface area (Å²) in [6.07, 6.45) is 0.572. The SMILES string of the molecule is CNC(Cc1ccc(F)c(Cl)c1)c1ccc(OC)c(F)c1. The Morgan fingerprint density at radius 3 is 2.48 bits per heavy atom. The normalized spacial score (nSPS) is 12.2. The highest BCUT2D eigenvalue weighted by atomic mass is 35.5. The molecule has 0 spiro atoms. The van der Waals surface area contributed by atoms with Crippen LogP contribution in [-0.4, -0.2) is 14.2 Å². The summed E-state index contributed by atoms with van der Waals surface area (Å²) in [6.45, 7) is 0. The van der Waals surface area contributed by atoms with Gasteiger partial charge in [-0.3, -0.25) is 0 Å². The Balaban J connectivity index is 2.23. The minimum Gasteiger partial charge on any atom is -0.494 e. The Kier molecular flexibility index (Phi) is 5.15. The first kappa shape index (κ1) is 15.7. The molecule has 2 aromatic rings. The molecule has 0 aliphatic heterocycles. The molecular weight excluding hydrogens is 296 g/mol. The maximum atomic E-state index is 13.8. The maximum absolute atomic E-state index is 13.8. The zero-order valence-corrected chi connectivity index (χ0v) is 12.5. The van der Waals surface area contributed by atoms with Crippen LogP contribution in [0, 0.1) is 11.6 Å². The van der Waals surface area contributed by atoms with Crippen LogP contribution in [0.4, 0.5) is 8.78 Å². The summed E-state index contributed by atoms with van der Waals surface area (Å²) in [5.41, 5.74) is 1.66. The number of likely N-dealkylation sites (N-methyl/N-ethyl adjacent to an activating group) is 1. The molecule has 0 saturated carbocycles. The molecule has 2 aromatic carbocycles. The van der Waals surface area contributed by atoms with Crippen LogP contribution in [0.5, 0.6) is 5.75 Å². The number of hydrogen-bond acceptors (Lipinski definition) is 2. The van der Waals surface area contributed by atoms with Gasteiger partial charge in [0.2, 0.25) is 0 Å². The van der Waals surface area contributed by atoms with Crippen molar-refractivity contribution in [2.45, 2.75) is 12.5 Å². The lowest BCUT2D eigenvalue weighted by Gasteiger charge is -2.18. The lowest BCUT2D eigenvalue weighted by Crippen LogP contribution is -2.19. The molecule has 1 atom stereocenters. The van der Waals surface area contributed by atoms with Crippen LogP contribution in [-0.2, 0) is 6.42 Å². The topological polar surface area (TPSA) is 21.3 Å². The van der Waals surface area contributed by atoms with Crippen molar-refractivity contribution in [1.29, 1.82) is 0 Å². The summed E-state index contributed by atoms with van der Waals surface area (Å²) in [5, 5.41) is 3.21. The number of rotatable bonds is 5. The van der Waals surface area contributed by atoms with Crippen LogP contribution < -0.4 is 10.1 Å². The number of hydrogen-bond donors (Lipinski definition) is 1. The standard InChI is InChI=1S/C16H16ClF2NO/c1-20-15(8-10-3-5-13(18)12(17)7-10)11-4-6-16(21-2)14(19)9-11/h3-7,9,15,20H,8H2,1-2H3. The molecule has 2 rings (SSSR count). The lowest BCUT2D eigenvalue weighted by molar-refractivity contribution is 0.385. The molecule has 0 amide bonds. The molecular formula is C16H16ClF2NO. The summed E-state index contributed by atoms with van der Waals surface area (Å²) in [6, 6.07) is 9.31. The highest BCUT2D eigenvalue weighted by molar-refractivity contribution is 6.30. The zero-order valence-electron chi connectivity index (χ0n) is 11.8. The first-order valence-corrected chi connectivity index (χ1v) is 6.87. The Hall–Kier alpha value is -1.65. The lowest BCUT2D eigenvalue weighted by atomic mass is 9.98. The van der Waals surface area contributed by atoms with Crippen LogP contribution in [0.15, 0.2) is 36.4 Å². The number of nitrogens with one attached hydrogen (secondary N) is 1. The fraction of sp³-hybridized carbons (Fsp3) is 0.250. The van der Waals surface area contributed by atoms with Crippen molar-refractivity contribution in [3.63, 3.8) is 0 Å². The smallest absolute Gasteiger partial charge is 0.165 e. The second kappa shape index (κ2) is 6.87. The van der Waals surface area contributed by atoms with Crippen LogP contribution in [0.3, 0.4) is 0 Å². The minimum absolute atomic E-state index is 0.0864. The van der Waals surface area contributed by atoms with E-state index in [4.69, 9.17) is 16.3 Å². The average molecular weight is 312 g/mol. The third kappa shape index (κ3) is 3.71. The minimum atomic E-state index is -0.447. The Morgan fingerprint density at radius 1 is 1.14 bits per heavy atom. The monoisotopic (exact) mass is 311 g/mol. The molecule has 0 aromatic heterocycles. The van der Waals surface area contributed by atoms with E-state index in [1.54, 1.807) is 31.3 Å². The summed E-state index contributed by atoms with van der Waals surface area (Å²) in [4.78, 5) is 0. The molecule has 0 heterocycles. The van der Waals surface area contributed by atoms with Crippen molar-refractivity contribution in [2.24, 2.45) is 0 Å². The molecule has 0 fully saturated rings. The highest BCUT2D eigenvalue weighted by Crippen LogP contribution is 2.25. The van der Waals surface area contributed by atoms with Gasteiger partial charge in [-0.25, -0.2) is 8.78 Å². The molecule has 0 bridgehead atoms. The van der Waals surface area contributed by atoms with E-state index in [1.165, 1.54) is 19.2 Å². The first-order valence-electron chi connectivity index (χ1n) is 6.49. The Bertz CT molecular complexity index is 634. The van der Waals surface area contributed by atoms with Crippen molar-refractivity contribution in [2.75, 3.05) is 14.2 Å². The predicted molar refractivity (Wildman–Crippen MR) is 79.9 cm³/mol. The van der Waals surface area contributed by atoms with Gasteiger partial charge in [0.15, 0.2) is 11.6 Å². The van der Waals surface area contributed by atoms with Gasteiger partial charge in [-0.2, -0.15) is 0 Å². The highest BCUT2D eigenvalue weighted by Gasteiger charge is 2.14. The molecule has 21 heavy (non-hydrogen) atoms. The number of ether oxygens (including phenoxy) is 1. The average Bonchev–Trinajstić information content (AvgIpc) is 2.48. The molecule has 0 aliphatic carbocycles. The van der Waals surface area contributed by atoms with Crippen molar-refractivity contribution >= 4 is 11.6 Å². The van der Waals surface area contributed by atoms with Crippen LogP contribution in [0.1, 0.15) is 17.2 Å². The molecule has 0 aliphatic rings. The second-order valence-electron chi connectivity index (χ2n) is 4.69. The Labute approximate surface area is 127 Å². The van der Waals surface area contributed by atoms with Crippen molar-refractivity contribution < 1.29 is 13.5 Å². The van der Waals surface area contributed by atoms with Gasteiger partial charge < -0.3 is 10.1 Å². The summed E-state index contributed by atoms with van der Waals surface area (Å²) < 4.78 is 31.9. The van der Waals surface area contributed by atoms with Crippen LogP contribution in [0.25, 0.3) is 0 Å². The summed E-state index contributed by atoms with van der Waals surface area (Å²) in [5.74, 6) is -0.650. The molecule has 0 radical (unpaired) electrons. The van der Waals surface area contributed by atoms with E-state index in [1.807, 2.05) is 0 Å².